The average molecular weight is 388 g/mol. The molecule has 9 heteroatoms. The number of piperazine rings is 1. The summed E-state index contributed by atoms with van der Waals surface area (Å²) in [6.45, 7) is 2.71. The minimum Gasteiger partial charge on any atom is -0.450 e. The summed E-state index contributed by atoms with van der Waals surface area (Å²) in [7, 11) is -3.14. The Morgan fingerprint density at radius 1 is 1.07 bits per heavy atom. The molecule has 2 aromatic heterocycles. The molecule has 5 rings (SSSR count). The van der Waals surface area contributed by atoms with Crippen molar-refractivity contribution in [2.75, 3.05) is 42.6 Å². The van der Waals surface area contributed by atoms with Crippen LogP contribution in [0.15, 0.2) is 35.0 Å². The van der Waals surface area contributed by atoms with Gasteiger partial charge in [-0.2, -0.15) is 0 Å². The summed E-state index contributed by atoms with van der Waals surface area (Å²) < 4.78 is 29.6. The van der Waals surface area contributed by atoms with E-state index in [2.05, 4.69) is 19.8 Å². The largest absolute Gasteiger partial charge is 0.450 e. The molecular weight excluding hydrogens is 368 g/mol. The fourth-order valence-corrected chi connectivity index (χ4v) is 5.99. The van der Waals surface area contributed by atoms with Gasteiger partial charge in [0, 0.05) is 31.6 Å². The van der Waals surface area contributed by atoms with E-state index in [0.29, 0.717) is 31.8 Å². The first-order chi connectivity index (χ1) is 13.0. The van der Waals surface area contributed by atoms with E-state index in [4.69, 9.17) is 4.42 Å². The molecule has 2 aliphatic rings. The first-order valence-electron chi connectivity index (χ1n) is 9.01. The molecule has 4 heterocycles. The molecule has 2 aliphatic heterocycles. The highest BCUT2D eigenvalue weighted by Crippen LogP contribution is 2.32. The lowest BCUT2D eigenvalue weighted by Gasteiger charge is -2.38. The Labute approximate surface area is 156 Å². The number of aliphatic hydroxyl groups excluding tert-OH is 1. The van der Waals surface area contributed by atoms with Crippen molar-refractivity contribution in [3.05, 3.63) is 30.6 Å². The van der Waals surface area contributed by atoms with Gasteiger partial charge in [0.05, 0.1) is 23.7 Å². The minimum atomic E-state index is -3.14. The number of para-hydroxylation sites is 1. The lowest BCUT2D eigenvalue weighted by molar-refractivity contribution is 0.0792. The number of aliphatic hydroxyl groups is 1. The van der Waals surface area contributed by atoms with Gasteiger partial charge < -0.3 is 14.4 Å². The van der Waals surface area contributed by atoms with E-state index < -0.39 is 15.9 Å². The summed E-state index contributed by atoms with van der Waals surface area (Å²) >= 11 is 0. The highest BCUT2D eigenvalue weighted by Gasteiger charge is 2.41. The standard InChI is InChI=1S/C18H20N4O4S/c23-14-10-27(24,25)9-13(14)21-5-7-22(8-6-21)18-17-16(19-11-20-18)12-3-1-2-4-15(12)26-17/h1-4,11,13-14,23H,5-10H2/t13-,14-/m0/s1. The van der Waals surface area contributed by atoms with Crippen molar-refractivity contribution in [1.82, 2.24) is 14.9 Å². The molecule has 2 fully saturated rings. The molecule has 1 N–H and O–H groups in total. The van der Waals surface area contributed by atoms with Crippen molar-refractivity contribution < 1.29 is 17.9 Å². The van der Waals surface area contributed by atoms with E-state index in [1.807, 2.05) is 24.3 Å². The summed E-state index contributed by atoms with van der Waals surface area (Å²) in [5, 5.41) is 11.1. The third kappa shape index (κ3) is 2.86. The van der Waals surface area contributed by atoms with Crippen LogP contribution in [0.1, 0.15) is 0 Å². The van der Waals surface area contributed by atoms with E-state index in [9.17, 15) is 13.5 Å². The molecule has 0 unspecified atom stereocenters. The summed E-state index contributed by atoms with van der Waals surface area (Å²) in [6, 6.07) is 7.48. The van der Waals surface area contributed by atoms with Crippen LogP contribution in [0.3, 0.4) is 0 Å². The molecule has 0 amide bonds. The molecule has 142 valence electrons. The molecule has 0 bridgehead atoms. The van der Waals surface area contributed by atoms with Crippen molar-refractivity contribution in [2.45, 2.75) is 12.1 Å². The Hall–Kier alpha value is -2.23. The quantitative estimate of drug-likeness (QED) is 0.683. The first kappa shape index (κ1) is 16.9. The number of aromatic nitrogens is 2. The zero-order valence-electron chi connectivity index (χ0n) is 14.7. The molecular formula is C18H20N4O4S. The number of anilines is 1. The zero-order valence-corrected chi connectivity index (χ0v) is 15.5. The molecule has 1 aromatic carbocycles. The van der Waals surface area contributed by atoms with Crippen molar-refractivity contribution in [3.63, 3.8) is 0 Å². The maximum atomic E-state index is 11.8. The van der Waals surface area contributed by atoms with Gasteiger partial charge in [0.2, 0.25) is 0 Å². The van der Waals surface area contributed by atoms with Crippen LogP contribution < -0.4 is 4.90 Å². The first-order valence-corrected chi connectivity index (χ1v) is 10.8. The molecule has 0 spiro atoms. The van der Waals surface area contributed by atoms with Crippen LogP contribution in [-0.4, -0.2) is 78.2 Å². The molecule has 0 saturated carbocycles. The van der Waals surface area contributed by atoms with Gasteiger partial charge in [-0.3, -0.25) is 4.90 Å². The number of sulfone groups is 1. The molecule has 27 heavy (non-hydrogen) atoms. The zero-order chi connectivity index (χ0) is 18.6. The summed E-state index contributed by atoms with van der Waals surface area (Å²) in [5.74, 6) is 0.661. The average Bonchev–Trinajstić information content (AvgIpc) is 3.18. The lowest BCUT2D eigenvalue weighted by Crippen LogP contribution is -2.53. The topological polar surface area (TPSA) is 99.8 Å². The fourth-order valence-electron chi connectivity index (χ4n) is 4.16. The molecule has 0 aliphatic carbocycles. The number of fused-ring (bicyclic) bond motifs is 3. The predicted octanol–water partition coefficient (Wildman–Crippen LogP) is 0.656. The van der Waals surface area contributed by atoms with Gasteiger partial charge in [0.1, 0.15) is 17.4 Å². The third-order valence-electron chi connectivity index (χ3n) is 5.52. The van der Waals surface area contributed by atoms with Crippen molar-refractivity contribution in [2.24, 2.45) is 0 Å². The summed E-state index contributed by atoms with van der Waals surface area (Å²) in [6.07, 6.45) is 0.752. The number of hydrogen-bond donors (Lipinski definition) is 1. The molecule has 0 radical (unpaired) electrons. The maximum absolute atomic E-state index is 11.8. The summed E-state index contributed by atoms with van der Waals surface area (Å²) in [4.78, 5) is 13.0. The lowest BCUT2D eigenvalue weighted by atomic mass is 10.1. The highest BCUT2D eigenvalue weighted by molar-refractivity contribution is 7.91. The van der Waals surface area contributed by atoms with Crippen LogP contribution >= 0.6 is 0 Å². The second kappa shape index (κ2) is 6.15. The Morgan fingerprint density at radius 3 is 2.59 bits per heavy atom. The van der Waals surface area contributed by atoms with Crippen LogP contribution in [0.25, 0.3) is 22.1 Å². The maximum Gasteiger partial charge on any atom is 0.196 e. The van der Waals surface area contributed by atoms with Crippen LogP contribution in [0.5, 0.6) is 0 Å². The van der Waals surface area contributed by atoms with Gasteiger partial charge >= 0.3 is 0 Å². The number of nitrogens with zero attached hydrogens (tertiary/aromatic N) is 4. The highest BCUT2D eigenvalue weighted by atomic mass is 32.2. The Morgan fingerprint density at radius 2 is 1.85 bits per heavy atom. The monoisotopic (exact) mass is 388 g/mol. The number of benzene rings is 1. The van der Waals surface area contributed by atoms with E-state index in [-0.39, 0.29) is 17.5 Å². The Kier molecular flexibility index (Phi) is 3.85. The van der Waals surface area contributed by atoms with Gasteiger partial charge in [-0.25, -0.2) is 18.4 Å². The van der Waals surface area contributed by atoms with Crippen LogP contribution in [0.4, 0.5) is 5.82 Å². The fraction of sp³-hybridized carbons (Fsp3) is 0.444. The van der Waals surface area contributed by atoms with E-state index in [0.717, 1.165) is 22.3 Å². The van der Waals surface area contributed by atoms with Gasteiger partial charge in [0.25, 0.3) is 0 Å². The number of furan rings is 1. The number of hydrogen-bond acceptors (Lipinski definition) is 8. The second-order valence-electron chi connectivity index (χ2n) is 7.21. The Bertz CT molecular complexity index is 1100. The van der Waals surface area contributed by atoms with Crippen molar-refractivity contribution >= 4 is 37.7 Å². The second-order valence-corrected chi connectivity index (χ2v) is 9.36. The third-order valence-corrected chi connectivity index (χ3v) is 7.21. The van der Waals surface area contributed by atoms with Gasteiger partial charge in [-0.1, -0.05) is 12.1 Å². The number of rotatable bonds is 2. The molecule has 8 nitrogen and oxygen atoms in total. The Balaban J connectivity index is 1.40. The smallest absolute Gasteiger partial charge is 0.196 e. The SMILES string of the molecule is O=S1(=O)C[C@H](O)[C@@H](N2CCN(c3ncnc4c3oc3ccccc34)CC2)C1. The summed E-state index contributed by atoms with van der Waals surface area (Å²) in [5.41, 5.74) is 2.26. The minimum absolute atomic E-state index is 0.0372. The molecule has 2 atom stereocenters. The van der Waals surface area contributed by atoms with Crippen molar-refractivity contribution in [3.8, 4) is 0 Å². The van der Waals surface area contributed by atoms with Crippen molar-refractivity contribution in [1.29, 1.82) is 0 Å². The van der Waals surface area contributed by atoms with E-state index >= 15 is 0 Å². The molecule has 2 saturated heterocycles. The van der Waals surface area contributed by atoms with E-state index in [1.165, 1.54) is 0 Å². The normalized spacial score (nSPS) is 26.2. The van der Waals surface area contributed by atoms with Crippen LogP contribution in [0.2, 0.25) is 0 Å². The van der Waals surface area contributed by atoms with Crippen LogP contribution in [-0.2, 0) is 9.84 Å². The molecule has 3 aromatic rings. The van der Waals surface area contributed by atoms with Crippen LogP contribution in [0, 0.1) is 0 Å². The van der Waals surface area contributed by atoms with E-state index in [1.54, 1.807) is 6.33 Å². The van der Waals surface area contributed by atoms with Gasteiger partial charge in [-0.05, 0) is 12.1 Å². The predicted molar refractivity (Wildman–Crippen MR) is 102 cm³/mol. The van der Waals surface area contributed by atoms with Gasteiger partial charge in [0.15, 0.2) is 21.2 Å². The van der Waals surface area contributed by atoms with Gasteiger partial charge in [-0.15, -0.1) is 0 Å².